The van der Waals surface area contributed by atoms with Crippen molar-refractivity contribution in [3.8, 4) is 0 Å². The molecule has 0 saturated carbocycles. The van der Waals surface area contributed by atoms with Crippen LogP contribution in [-0.4, -0.2) is 6.54 Å². The maximum absolute atomic E-state index is 3.64. The number of hydrogen-bond donors (Lipinski definition) is 1. The first-order chi connectivity index (χ1) is 3.81. The molecule has 0 aliphatic heterocycles. The Labute approximate surface area is 60.4 Å². The predicted octanol–water partition coefficient (Wildman–Crippen LogP) is 2.78. The zero-order valence-electron chi connectivity index (χ0n) is 7.41. The average Bonchev–Trinajstić information content (AvgIpc) is 1.57. The third kappa shape index (κ3) is 8.67. The van der Waals surface area contributed by atoms with E-state index in [9.17, 15) is 0 Å². The fourth-order valence-electron chi connectivity index (χ4n) is 0.625. The zero-order chi connectivity index (χ0) is 7.57. The summed E-state index contributed by atoms with van der Waals surface area (Å²) in [6, 6.07) is 0. The van der Waals surface area contributed by atoms with Crippen molar-refractivity contribution in [2.24, 2.45) is 0 Å². The molecule has 0 spiro atoms. The Bertz CT molecular complexity index is 81.6. The Kier molecular flexibility index (Phi) is 2.94. The average molecular weight is 166 g/mol. The summed E-state index contributed by atoms with van der Waals surface area (Å²) < 4.78 is 3.64. The van der Waals surface area contributed by atoms with Gasteiger partial charge in [0.2, 0.25) is 0 Å². The van der Waals surface area contributed by atoms with Crippen molar-refractivity contribution < 1.29 is 15.6 Å². The van der Waals surface area contributed by atoms with Gasteiger partial charge in [0, 0.05) is 0 Å². The maximum atomic E-state index is 3.64. The molecule has 0 saturated heterocycles. The van der Waals surface area contributed by atoms with Gasteiger partial charge >= 0.3 is 60.2 Å². The fraction of sp³-hybridized carbons (Fsp3) is 1.00. The molecule has 1 N–H and O–H groups in total. The Morgan fingerprint density at radius 3 is 1.67 bits per heavy atom. The van der Waals surface area contributed by atoms with Crippen LogP contribution in [0.2, 0.25) is 20.9 Å². The Morgan fingerprint density at radius 1 is 1.11 bits per heavy atom. The molecule has 1 nitrogen and oxygen atoms in total. The van der Waals surface area contributed by atoms with Crippen molar-refractivity contribution in [3.05, 3.63) is 0 Å². The van der Waals surface area contributed by atoms with Crippen LogP contribution >= 0.6 is 0 Å². The van der Waals surface area contributed by atoms with E-state index in [1.165, 1.54) is 13.0 Å². The van der Waals surface area contributed by atoms with E-state index in [0.717, 1.165) is 0 Å². The summed E-state index contributed by atoms with van der Waals surface area (Å²) in [5.74, 6) is 0. The molecule has 0 aromatic carbocycles. The van der Waals surface area contributed by atoms with Crippen molar-refractivity contribution in [1.82, 2.24) is 3.80 Å². The van der Waals surface area contributed by atoms with Gasteiger partial charge in [0.05, 0.1) is 0 Å². The Morgan fingerprint density at radius 2 is 1.56 bits per heavy atom. The first kappa shape index (κ1) is 9.67. The van der Waals surface area contributed by atoms with E-state index in [0.29, 0.717) is 0 Å². The predicted molar refractivity (Wildman–Crippen MR) is 41.7 cm³/mol. The van der Waals surface area contributed by atoms with Gasteiger partial charge in [-0.2, -0.15) is 0 Å². The molecular weight excluding hydrogens is 146 g/mol. The van der Waals surface area contributed by atoms with Gasteiger partial charge in [-0.1, -0.05) is 0 Å². The summed E-state index contributed by atoms with van der Waals surface area (Å²) in [4.78, 5) is 0. The quantitative estimate of drug-likeness (QED) is 0.635. The molecule has 0 atom stereocenters. The molecule has 0 fully saturated rings. The topological polar surface area (TPSA) is 12.0 Å². The number of hydrogen-bond acceptors (Lipinski definition) is 1. The molecule has 0 heterocycles. The summed E-state index contributed by atoms with van der Waals surface area (Å²) in [7, 11) is 0. The minimum absolute atomic E-state index is 1.19. The standard InChI is InChI=1S/C3H8N.4CH3.Ti/c1-2-3-4;;;;;/h4H,2-3H2,1H3;4*1H3;/q-1;;;;;+1. The molecule has 0 bridgehead atoms. The van der Waals surface area contributed by atoms with Gasteiger partial charge in [0.15, 0.2) is 0 Å². The molecule has 0 aromatic rings. The van der Waals surface area contributed by atoms with Crippen molar-refractivity contribution in [2.75, 3.05) is 6.54 Å². The van der Waals surface area contributed by atoms with E-state index in [1.54, 1.807) is 0 Å². The summed E-state index contributed by atoms with van der Waals surface area (Å²) >= 11 is -1.98. The van der Waals surface area contributed by atoms with Gasteiger partial charge in [0.25, 0.3) is 0 Å². The first-order valence-electron chi connectivity index (χ1n) is 3.81. The number of nitrogens with one attached hydrogen (secondary N) is 1. The van der Waals surface area contributed by atoms with E-state index in [1.807, 2.05) is 0 Å². The van der Waals surface area contributed by atoms with Crippen molar-refractivity contribution in [3.63, 3.8) is 0 Å². The van der Waals surface area contributed by atoms with E-state index in [2.05, 4.69) is 31.6 Å². The van der Waals surface area contributed by atoms with E-state index < -0.39 is 15.6 Å². The molecule has 9 heavy (non-hydrogen) atoms. The van der Waals surface area contributed by atoms with E-state index >= 15 is 0 Å². The second kappa shape index (κ2) is 2.73. The molecular formula is C7H20NTi. The van der Waals surface area contributed by atoms with Crippen LogP contribution in [0.4, 0.5) is 0 Å². The van der Waals surface area contributed by atoms with Crippen molar-refractivity contribution in [2.45, 2.75) is 34.3 Å². The zero-order valence-corrected chi connectivity index (χ0v) is 8.98. The van der Waals surface area contributed by atoms with Gasteiger partial charge < -0.3 is 0 Å². The van der Waals surface area contributed by atoms with Crippen LogP contribution in [0.25, 0.3) is 0 Å². The van der Waals surface area contributed by atoms with Crippen LogP contribution < -0.4 is 3.80 Å². The molecule has 0 unspecified atom stereocenters. The fourth-order valence-corrected chi connectivity index (χ4v) is 2.58. The molecule has 0 radical (unpaired) electrons. The summed E-state index contributed by atoms with van der Waals surface area (Å²) in [5.41, 5.74) is 0. The van der Waals surface area contributed by atoms with Crippen molar-refractivity contribution in [1.29, 1.82) is 0 Å². The molecule has 0 aliphatic carbocycles. The van der Waals surface area contributed by atoms with Crippen LogP contribution in [0.5, 0.6) is 0 Å². The Hall–Kier alpha value is 0.674. The van der Waals surface area contributed by atoms with Gasteiger partial charge in [-0.15, -0.1) is 0 Å². The van der Waals surface area contributed by atoms with Crippen LogP contribution in [0.3, 0.4) is 0 Å². The molecule has 0 rings (SSSR count). The van der Waals surface area contributed by atoms with E-state index in [-0.39, 0.29) is 0 Å². The summed E-state index contributed by atoms with van der Waals surface area (Å²) in [6.45, 7) is 3.40. The molecule has 2 heteroatoms. The summed E-state index contributed by atoms with van der Waals surface area (Å²) in [5, 5.41) is 9.58. The van der Waals surface area contributed by atoms with Crippen LogP contribution in [0.15, 0.2) is 0 Å². The monoisotopic (exact) mass is 166 g/mol. The number of rotatable bonds is 3. The van der Waals surface area contributed by atoms with Crippen molar-refractivity contribution >= 4 is 0 Å². The van der Waals surface area contributed by atoms with E-state index in [4.69, 9.17) is 0 Å². The van der Waals surface area contributed by atoms with Crippen LogP contribution in [0, 0.1) is 0 Å². The first-order valence-corrected chi connectivity index (χ1v) is 10.8. The SMILES string of the molecule is CCC[NH][Ti]([CH3])([CH3])([CH3])[CH3]. The minimum atomic E-state index is -1.98. The third-order valence-electron chi connectivity index (χ3n) is 1.08. The second-order valence-corrected chi connectivity index (χ2v) is 18.0. The van der Waals surface area contributed by atoms with Gasteiger partial charge in [-0.05, 0) is 0 Å². The molecule has 0 aliphatic rings. The van der Waals surface area contributed by atoms with Crippen LogP contribution in [-0.2, 0) is 15.6 Å². The van der Waals surface area contributed by atoms with Gasteiger partial charge in [0.1, 0.15) is 0 Å². The second-order valence-electron chi connectivity index (χ2n) is 4.93. The molecule has 57 valence electrons. The third-order valence-corrected chi connectivity index (χ3v) is 3.68. The molecule has 0 amide bonds. The normalized spacial score (nSPS) is 16.8. The molecule has 0 aromatic heterocycles. The Balaban J connectivity index is 3.60. The van der Waals surface area contributed by atoms with Crippen LogP contribution in [0.1, 0.15) is 13.3 Å². The summed E-state index contributed by atoms with van der Waals surface area (Å²) in [6.07, 6.45) is 1.25. The van der Waals surface area contributed by atoms with Gasteiger partial charge in [-0.3, -0.25) is 0 Å². The van der Waals surface area contributed by atoms with Gasteiger partial charge in [-0.25, -0.2) is 0 Å².